The molecule has 0 unspecified atom stereocenters. The summed E-state index contributed by atoms with van der Waals surface area (Å²) in [6, 6.07) is 11.3. The summed E-state index contributed by atoms with van der Waals surface area (Å²) in [5.41, 5.74) is 2.62. The van der Waals surface area contributed by atoms with Crippen LogP contribution in [0.4, 0.5) is 10.1 Å². The lowest BCUT2D eigenvalue weighted by Gasteiger charge is -2.01. The third-order valence-electron chi connectivity index (χ3n) is 3.44. The molecule has 0 aliphatic carbocycles. The number of aromatic nitrogens is 1. The SMILES string of the molecule is CC(C)c1nc2ccc(NC(=O)/C=C/c3cccc(F)c3)cc2o1. The first kappa shape index (κ1) is 15.9. The molecule has 0 bridgehead atoms. The molecule has 4 nitrogen and oxygen atoms in total. The second-order valence-corrected chi connectivity index (χ2v) is 5.77. The Hall–Kier alpha value is -2.95. The molecule has 122 valence electrons. The fourth-order valence-electron chi connectivity index (χ4n) is 2.23. The van der Waals surface area contributed by atoms with Gasteiger partial charge >= 0.3 is 0 Å². The molecule has 0 saturated carbocycles. The van der Waals surface area contributed by atoms with Crippen molar-refractivity contribution < 1.29 is 13.6 Å². The quantitative estimate of drug-likeness (QED) is 0.705. The van der Waals surface area contributed by atoms with E-state index in [1.54, 1.807) is 36.4 Å². The predicted molar refractivity (Wildman–Crippen MR) is 92.2 cm³/mol. The van der Waals surface area contributed by atoms with Crippen molar-refractivity contribution in [3.8, 4) is 0 Å². The third-order valence-corrected chi connectivity index (χ3v) is 3.44. The number of rotatable bonds is 4. The van der Waals surface area contributed by atoms with Crippen LogP contribution in [0.25, 0.3) is 17.2 Å². The average molecular weight is 324 g/mol. The molecule has 0 aliphatic heterocycles. The standard InChI is InChI=1S/C19H17FN2O2/c1-12(2)19-22-16-8-7-15(11-17(16)24-19)21-18(23)9-6-13-4-3-5-14(20)10-13/h3-12H,1-2H3,(H,21,23)/b9-6+. The lowest BCUT2D eigenvalue weighted by Crippen LogP contribution is -2.07. The van der Waals surface area contributed by atoms with Gasteiger partial charge in [-0.15, -0.1) is 0 Å². The molecule has 0 spiro atoms. The normalized spacial score (nSPS) is 11.5. The molecule has 0 saturated heterocycles. The Balaban J connectivity index is 1.73. The number of oxazole rings is 1. The fraction of sp³-hybridized carbons (Fsp3) is 0.158. The first-order valence-electron chi connectivity index (χ1n) is 7.66. The van der Waals surface area contributed by atoms with E-state index in [2.05, 4.69) is 10.3 Å². The number of hydrogen-bond donors (Lipinski definition) is 1. The van der Waals surface area contributed by atoms with Crippen molar-refractivity contribution in [2.45, 2.75) is 19.8 Å². The lowest BCUT2D eigenvalue weighted by molar-refractivity contribution is -0.111. The maximum atomic E-state index is 13.1. The molecule has 1 amide bonds. The molecule has 0 radical (unpaired) electrons. The number of fused-ring (bicyclic) bond motifs is 1. The number of amides is 1. The minimum absolute atomic E-state index is 0.199. The van der Waals surface area contributed by atoms with Crippen LogP contribution in [0.5, 0.6) is 0 Å². The van der Waals surface area contributed by atoms with Crippen molar-refractivity contribution in [3.05, 3.63) is 65.8 Å². The van der Waals surface area contributed by atoms with Crippen LogP contribution in [-0.2, 0) is 4.79 Å². The Kier molecular flexibility index (Phi) is 4.42. The second-order valence-electron chi connectivity index (χ2n) is 5.77. The topological polar surface area (TPSA) is 55.1 Å². The molecule has 3 rings (SSSR count). The summed E-state index contributed by atoms with van der Waals surface area (Å²) < 4.78 is 18.8. The van der Waals surface area contributed by atoms with Crippen molar-refractivity contribution in [1.82, 2.24) is 4.98 Å². The summed E-state index contributed by atoms with van der Waals surface area (Å²) in [6.45, 7) is 4.01. The van der Waals surface area contributed by atoms with E-state index in [1.165, 1.54) is 18.2 Å². The van der Waals surface area contributed by atoms with E-state index in [4.69, 9.17) is 4.42 Å². The molecule has 0 fully saturated rings. The third kappa shape index (κ3) is 3.68. The van der Waals surface area contributed by atoms with Crippen molar-refractivity contribution in [2.24, 2.45) is 0 Å². The minimum atomic E-state index is -0.339. The van der Waals surface area contributed by atoms with Crippen molar-refractivity contribution in [1.29, 1.82) is 0 Å². The van der Waals surface area contributed by atoms with Crippen LogP contribution in [0.3, 0.4) is 0 Å². The lowest BCUT2D eigenvalue weighted by atomic mass is 10.2. The van der Waals surface area contributed by atoms with Crippen molar-refractivity contribution >= 4 is 28.8 Å². The zero-order valence-electron chi connectivity index (χ0n) is 13.4. The van der Waals surface area contributed by atoms with Gasteiger partial charge in [-0.05, 0) is 35.9 Å². The zero-order valence-corrected chi connectivity index (χ0v) is 13.4. The summed E-state index contributed by atoms with van der Waals surface area (Å²) in [7, 11) is 0. The van der Waals surface area contributed by atoms with E-state index in [-0.39, 0.29) is 17.6 Å². The van der Waals surface area contributed by atoms with Gasteiger partial charge < -0.3 is 9.73 Å². The van der Waals surface area contributed by atoms with Crippen LogP contribution in [0, 0.1) is 5.82 Å². The highest BCUT2D eigenvalue weighted by molar-refractivity contribution is 6.02. The highest BCUT2D eigenvalue weighted by atomic mass is 19.1. The average Bonchev–Trinajstić information content (AvgIpc) is 2.97. The molecule has 1 heterocycles. The van der Waals surface area contributed by atoms with Gasteiger partial charge in [0.2, 0.25) is 5.91 Å². The first-order chi connectivity index (χ1) is 11.5. The van der Waals surface area contributed by atoms with Gasteiger partial charge in [0.25, 0.3) is 0 Å². The Bertz CT molecular complexity index is 913. The van der Waals surface area contributed by atoms with Gasteiger partial charge in [-0.1, -0.05) is 26.0 Å². The number of nitrogens with one attached hydrogen (secondary N) is 1. The molecule has 1 aromatic heterocycles. The molecule has 0 atom stereocenters. The molecule has 5 heteroatoms. The van der Waals surface area contributed by atoms with Gasteiger partial charge in [0, 0.05) is 23.7 Å². The molecule has 2 aromatic carbocycles. The Morgan fingerprint density at radius 3 is 2.83 bits per heavy atom. The van der Waals surface area contributed by atoms with E-state index in [9.17, 15) is 9.18 Å². The van der Waals surface area contributed by atoms with Crippen LogP contribution >= 0.6 is 0 Å². The summed E-state index contributed by atoms with van der Waals surface area (Å²) in [4.78, 5) is 16.4. The smallest absolute Gasteiger partial charge is 0.248 e. The van der Waals surface area contributed by atoms with Crippen molar-refractivity contribution in [3.63, 3.8) is 0 Å². The van der Waals surface area contributed by atoms with E-state index < -0.39 is 0 Å². The zero-order chi connectivity index (χ0) is 17.1. The molecule has 24 heavy (non-hydrogen) atoms. The van der Waals surface area contributed by atoms with Gasteiger partial charge in [0.1, 0.15) is 11.3 Å². The van der Waals surface area contributed by atoms with Crippen LogP contribution in [-0.4, -0.2) is 10.9 Å². The minimum Gasteiger partial charge on any atom is -0.440 e. The highest BCUT2D eigenvalue weighted by Crippen LogP contribution is 2.23. The van der Waals surface area contributed by atoms with Crippen LogP contribution in [0.1, 0.15) is 31.2 Å². The Labute approximate surface area is 139 Å². The molecule has 0 aliphatic rings. The van der Waals surface area contributed by atoms with Gasteiger partial charge in [-0.3, -0.25) is 4.79 Å². The number of anilines is 1. The number of hydrogen-bond acceptors (Lipinski definition) is 3. The van der Waals surface area contributed by atoms with Gasteiger partial charge in [0.15, 0.2) is 11.5 Å². The number of nitrogens with zero attached hydrogens (tertiary/aromatic N) is 1. The van der Waals surface area contributed by atoms with E-state index >= 15 is 0 Å². The van der Waals surface area contributed by atoms with Crippen LogP contribution in [0.2, 0.25) is 0 Å². The summed E-state index contributed by atoms with van der Waals surface area (Å²) in [5, 5.41) is 2.75. The predicted octanol–water partition coefficient (Wildman–Crippen LogP) is 4.74. The number of benzene rings is 2. The first-order valence-corrected chi connectivity index (χ1v) is 7.66. The summed E-state index contributed by atoms with van der Waals surface area (Å²) in [6.07, 6.45) is 2.92. The van der Waals surface area contributed by atoms with Gasteiger partial charge in [0.05, 0.1) is 0 Å². The van der Waals surface area contributed by atoms with Crippen LogP contribution < -0.4 is 5.32 Å². The van der Waals surface area contributed by atoms with E-state index in [0.717, 1.165) is 5.52 Å². The van der Waals surface area contributed by atoms with Crippen molar-refractivity contribution in [2.75, 3.05) is 5.32 Å². The summed E-state index contributed by atoms with van der Waals surface area (Å²) >= 11 is 0. The van der Waals surface area contributed by atoms with E-state index in [1.807, 2.05) is 13.8 Å². The van der Waals surface area contributed by atoms with Crippen LogP contribution in [0.15, 0.2) is 53.0 Å². The Morgan fingerprint density at radius 2 is 2.08 bits per heavy atom. The summed E-state index contributed by atoms with van der Waals surface area (Å²) in [5.74, 6) is 0.223. The van der Waals surface area contributed by atoms with Gasteiger partial charge in [-0.2, -0.15) is 0 Å². The van der Waals surface area contributed by atoms with Gasteiger partial charge in [-0.25, -0.2) is 9.37 Å². The number of halogens is 1. The molecule has 1 N–H and O–H groups in total. The van der Waals surface area contributed by atoms with E-state index in [0.29, 0.717) is 22.7 Å². The second kappa shape index (κ2) is 6.66. The number of carbonyl (C=O) groups excluding carboxylic acids is 1. The maximum absolute atomic E-state index is 13.1. The molecular weight excluding hydrogens is 307 g/mol. The fourth-order valence-corrected chi connectivity index (χ4v) is 2.23. The number of carbonyl (C=O) groups is 1. The molecular formula is C19H17FN2O2. The molecule has 3 aromatic rings. The largest absolute Gasteiger partial charge is 0.440 e. The monoisotopic (exact) mass is 324 g/mol. The maximum Gasteiger partial charge on any atom is 0.248 e. The Morgan fingerprint density at radius 1 is 1.25 bits per heavy atom. The highest BCUT2D eigenvalue weighted by Gasteiger charge is 2.10.